The minimum absolute atomic E-state index is 0.381. The molecule has 0 saturated carbocycles. The number of aliphatic carboxylic acids is 1. The van der Waals surface area contributed by atoms with Gasteiger partial charge in [0.25, 0.3) is 0 Å². The first-order valence-electron chi connectivity index (χ1n) is 9.45. The Labute approximate surface area is 168 Å². The zero-order valence-corrected chi connectivity index (χ0v) is 16.1. The molecule has 0 fully saturated rings. The lowest BCUT2D eigenvalue weighted by Crippen LogP contribution is -2.25. The fourth-order valence-electron chi connectivity index (χ4n) is 3.60. The Morgan fingerprint density at radius 2 is 1.97 bits per heavy atom. The molecule has 0 aliphatic carbocycles. The molecule has 150 valence electrons. The third-order valence-corrected chi connectivity index (χ3v) is 5.01. The number of carboxylic acids is 1. The van der Waals surface area contributed by atoms with Crippen LogP contribution in [-0.2, 0) is 11.2 Å². The Kier molecular flexibility index (Phi) is 6.33. The molecule has 0 saturated heterocycles. The van der Waals surface area contributed by atoms with Crippen LogP contribution in [0.15, 0.2) is 48.5 Å². The maximum absolute atomic E-state index is 12.0. The summed E-state index contributed by atoms with van der Waals surface area (Å²) >= 11 is 0. The van der Waals surface area contributed by atoms with Gasteiger partial charge in [-0.3, -0.25) is 9.59 Å². The second-order valence-corrected chi connectivity index (χ2v) is 6.92. The van der Waals surface area contributed by atoms with Crippen LogP contribution in [0.2, 0.25) is 0 Å². The van der Waals surface area contributed by atoms with E-state index in [0.29, 0.717) is 24.2 Å². The molecule has 2 atom stereocenters. The largest absolute Gasteiger partial charge is 0.481 e. The molecule has 0 bridgehead atoms. The molecule has 1 amide bonds. The Hall–Kier alpha value is -3.55. The van der Waals surface area contributed by atoms with Gasteiger partial charge in [0.05, 0.1) is 5.92 Å². The van der Waals surface area contributed by atoms with Gasteiger partial charge in [-0.15, -0.1) is 10.2 Å². The average molecular weight is 393 g/mol. The third kappa shape index (κ3) is 4.66. The zero-order valence-electron chi connectivity index (χ0n) is 16.1. The number of tetrazole rings is 1. The molecule has 0 aliphatic rings. The topological polar surface area (TPSA) is 135 Å². The number of primary amides is 1. The van der Waals surface area contributed by atoms with E-state index in [1.54, 1.807) is 18.2 Å². The van der Waals surface area contributed by atoms with Crippen LogP contribution in [0.25, 0.3) is 11.1 Å². The molecule has 8 nitrogen and oxygen atoms in total. The maximum Gasteiger partial charge on any atom is 0.307 e. The number of nitrogens with two attached hydrogens (primary N) is 1. The van der Waals surface area contributed by atoms with Crippen LogP contribution in [0, 0.1) is 5.92 Å². The van der Waals surface area contributed by atoms with Gasteiger partial charge < -0.3 is 10.8 Å². The lowest BCUT2D eigenvalue weighted by atomic mass is 9.81. The highest BCUT2D eigenvalue weighted by atomic mass is 16.4. The van der Waals surface area contributed by atoms with Gasteiger partial charge in [0.2, 0.25) is 5.91 Å². The molecule has 1 heterocycles. The molecule has 2 aromatic carbocycles. The van der Waals surface area contributed by atoms with Crippen molar-refractivity contribution in [1.29, 1.82) is 0 Å². The standard InChI is InChI=1S/C21H23N5O3/c1-2-6-17(21(28)29)18(20-23-25-26-24-20)12-14-7-3-4-10-16(14)13-8-5-9-15(11-13)19(22)27/h3-5,7-11,17-18H,2,6,12H2,1H3,(H2,22,27)(H,28,29)(H,23,24,25,26)/t17-,18-/m0/s1. The predicted octanol–water partition coefficient (Wildman–Crippen LogP) is 2.79. The summed E-state index contributed by atoms with van der Waals surface area (Å²) in [5.74, 6) is -2.07. The predicted molar refractivity (Wildman–Crippen MR) is 107 cm³/mol. The molecular weight excluding hydrogens is 370 g/mol. The third-order valence-electron chi connectivity index (χ3n) is 5.01. The number of aromatic nitrogens is 4. The van der Waals surface area contributed by atoms with E-state index in [-0.39, 0.29) is 0 Å². The van der Waals surface area contributed by atoms with Crippen LogP contribution in [0.1, 0.15) is 47.4 Å². The summed E-state index contributed by atoms with van der Waals surface area (Å²) in [4.78, 5) is 23.5. The summed E-state index contributed by atoms with van der Waals surface area (Å²) in [5.41, 5.74) is 8.52. The van der Waals surface area contributed by atoms with E-state index in [4.69, 9.17) is 5.73 Å². The molecule has 3 rings (SSSR count). The number of hydrogen-bond acceptors (Lipinski definition) is 5. The summed E-state index contributed by atoms with van der Waals surface area (Å²) in [5, 5.41) is 24.0. The first kappa shape index (κ1) is 20.2. The molecular formula is C21H23N5O3. The van der Waals surface area contributed by atoms with Crippen LogP contribution in [0.3, 0.4) is 0 Å². The zero-order chi connectivity index (χ0) is 20.8. The fourth-order valence-corrected chi connectivity index (χ4v) is 3.60. The van der Waals surface area contributed by atoms with Gasteiger partial charge >= 0.3 is 5.97 Å². The smallest absolute Gasteiger partial charge is 0.307 e. The van der Waals surface area contributed by atoms with Crippen molar-refractivity contribution in [2.75, 3.05) is 0 Å². The number of nitrogens with zero attached hydrogens (tertiary/aromatic N) is 3. The second kappa shape index (κ2) is 9.09. The van der Waals surface area contributed by atoms with Crippen LogP contribution in [-0.4, -0.2) is 37.6 Å². The number of rotatable bonds is 9. The number of carbonyl (C=O) groups excluding carboxylic acids is 1. The summed E-state index contributed by atoms with van der Waals surface area (Å²) in [6.07, 6.45) is 1.66. The van der Waals surface area contributed by atoms with E-state index in [2.05, 4.69) is 20.6 Å². The number of benzene rings is 2. The number of aromatic amines is 1. The monoisotopic (exact) mass is 393 g/mol. The number of nitrogens with one attached hydrogen (secondary N) is 1. The van der Waals surface area contributed by atoms with Crippen molar-refractivity contribution in [1.82, 2.24) is 20.6 Å². The van der Waals surface area contributed by atoms with E-state index in [1.165, 1.54) is 0 Å². The Bertz CT molecular complexity index is 987. The Morgan fingerprint density at radius 3 is 2.62 bits per heavy atom. The Morgan fingerprint density at radius 1 is 1.17 bits per heavy atom. The lowest BCUT2D eigenvalue weighted by molar-refractivity contribution is -0.143. The van der Waals surface area contributed by atoms with Crippen molar-refractivity contribution in [2.24, 2.45) is 11.7 Å². The Balaban J connectivity index is 2.02. The first-order valence-corrected chi connectivity index (χ1v) is 9.45. The highest BCUT2D eigenvalue weighted by Crippen LogP contribution is 2.33. The van der Waals surface area contributed by atoms with Crippen molar-refractivity contribution in [3.63, 3.8) is 0 Å². The SMILES string of the molecule is CCC[C@H](C(=O)O)[C@H](Cc1ccccc1-c1cccc(C(N)=O)c1)c1nn[nH]n1. The second-order valence-electron chi connectivity index (χ2n) is 6.92. The average Bonchev–Trinajstić information content (AvgIpc) is 3.25. The van der Waals surface area contributed by atoms with Crippen molar-refractivity contribution in [2.45, 2.75) is 32.1 Å². The van der Waals surface area contributed by atoms with Crippen molar-refractivity contribution >= 4 is 11.9 Å². The van der Waals surface area contributed by atoms with E-state index >= 15 is 0 Å². The normalized spacial score (nSPS) is 13.0. The van der Waals surface area contributed by atoms with Gasteiger partial charge in [-0.25, -0.2) is 0 Å². The molecule has 3 aromatic rings. The highest BCUT2D eigenvalue weighted by molar-refractivity contribution is 5.94. The van der Waals surface area contributed by atoms with E-state index < -0.39 is 23.7 Å². The van der Waals surface area contributed by atoms with Crippen molar-refractivity contribution < 1.29 is 14.7 Å². The molecule has 1 aromatic heterocycles. The van der Waals surface area contributed by atoms with E-state index in [1.807, 2.05) is 37.3 Å². The lowest BCUT2D eigenvalue weighted by Gasteiger charge is -2.22. The van der Waals surface area contributed by atoms with Gasteiger partial charge in [0.1, 0.15) is 0 Å². The number of carboxylic acid groups (broad SMARTS) is 1. The summed E-state index contributed by atoms with van der Waals surface area (Å²) in [6, 6.07) is 14.8. The summed E-state index contributed by atoms with van der Waals surface area (Å²) in [6.45, 7) is 1.95. The number of amides is 1. The van der Waals surface area contributed by atoms with Crippen LogP contribution >= 0.6 is 0 Å². The summed E-state index contributed by atoms with van der Waals surface area (Å²) < 4.78 is 0. The fraction of sp³-hybridized carbons (Fsp3) is 0.286. The first-order chi connectivity index (χ1) is 14.0. The van der Waals surface area contributed by atoms with E-state index in [0.717, 1.165) is 23.1 Å². The van der Waals surface area contributed by atoms with Crippen LogP contribution in [0.5, 0.6) is 0 Å². The molecule has 0 aliphatic heterocycles. The quantitative estimate of drug-likeness (QED) is 0.511. The molecule has 8 heteroatoms. The minimum Gasteiger partial charge on any atom is -0.481 e. The number of carbonyl (C=O) groups is 2. The van der Waals surface area contributed by atoms with Crippen molar-refractivity contribution in [3.05, 3.63) is 65.5 Å². The van der Waals surface area contributed by atoms with Crippen molar-refractivity contribution in [3.8, 4) is 11.1 Å². The molecule has 0 unspecified atom stereocenters. The van der Waals surface area contributed by atoms with Gasteiger partial charge in [-0.1, -0.05) is 55.0 Å². The van der Waals surface area contributed by atoms with Gasteiger partial charge in [-0.05, 0) is 41.7 Å². The molecule has 29 heavy (non-hydrogen) atoms. The van der Waals surface area contributed by atoms with Crippen LogP contribution < -0.4 is 5.73 Å². The number of hydrogen-bond donors (Lipinski definition) is 3. The van der Waals surface area contributed by atoms with E-state index in [9.17, 15) is 14.7 Å². The minimum atomic E-state index is -0.880. The number of H-pyrrole nitrogens is 1. The molecule has 0 spiro atoms. The van der Waals surface area contributed by atoms with Gasteiger partial charge in [-0.2, -0.15) is 5.21 Å². The molecule has 0 radical (unpaired) electrons. The van der Waals surface area contributed by atoms with Gasteiger partial charge in [0.15, 0.2) is 5.82 Å². The highest BCUT2D eigenvalue weighted by Gasteiger charge is 2.32. The van der Waals surface area contributed by atoms with Crippen LogP contribution in [0.4, 0.5) is 0 Å². The summed E-state index contributed by atoms with van der Waals surface area (Å²) in [7, 11) is 0. The van der Waals surface area contributed by atoms with Gasteiger partial charge in [0, 0.05) is 11.5 Å². The maximum atomic E-state index is 12.0. The molecule has 4 N–H and O–H groups in total.